The van der Waals surface area contributed by atoms with Gasteiger partial charge in [-0.1, -0.05) is 19.3 Å². The van der Waals surface area contributed by atoms with Crippen LogP contribution in [0.15, 0.2) is 24.3 Å². The first-order valence-corrected chi connectivity index (χ1v) is 8.50. The Bertz CT molecular complexity index is 524. The van der Waals surface area contributed by atoms with Crippen LogP contribution in [-0.2, 0) is 9.59 Å². The van der Waals surface area contributed by atoms with Gasteiger partial charge in [-0.15, -0.1) is 0 Å². The first-order chi connectivity index (χ1) is 11.7. The molecule has 0 spiro atoms. The third kappa shape index (κ3) is 6.10. The average molecular weight is 334 g/mol. The van der Waals surface area contributed by atoms with E-state index < -0.39 is 0 Å². The molecular formula is C18H26N2O4. The number of methoxy groups -OCH3 is 1. The standard InChI is InChI=1S/C18H26N2O4/c1-23-15-7-9-16(10-8-15)24-12-11-19-17(21)13-20-18(22)14-5-3-2-4-6-14/h7-10,14H,2-6,11-13H2,1H3,(H,19,21)(H,20,22). The van der Waals surface area contributed by atoms with Gasteiger partial charge in [0.2, 0.25) is 11.8 Å². The van der Waals surface area contributed by atoms with Crippen LogP contribution < -0.4 is 20.1 Å². The van der Waals surface area contributed by atoms with Gasteiger partial charge >= 0.3 is 0 Å². The minimum Gasteiger partial charge on any atom is -0.497 e. The number of hydrogen-bond donors (Lipinski definition) is 2. The molecule has 1 saturated carbocycles. The predicted octanol–water partition coefficient (Wildman–Crippen LogP) is 1.89. The van der Waals surface area contributed by atoms with Gasteiger partial charge < -0.3 is 20.1 Å². The van der Waals surface area contributed by atoms with Gasteiger partial charge in [0.1, 0.15) is 18.1 Å². The molecule has 0 atom stereocenters. The highest BCUT2D eigenvalue weighted by molar-refractivity contribution is 5.85. The molecule has 1 aliphatic rings. The van der Waals surface area contributed by atoms with Crippen molar-refractivity contribution in [2.24, 2.45) is 5.92 Å². The van der Waals surface area contributed by atoms with Crippen molar-refractivity contribution in [2.75, 3.05) is 26.8 Å². The molecule has 0 saturated heterocycles. The average Bonchev–Trinajstić information content (AvgIpc) is 2.64. The zero-order chi connectivity index (χ0) is 17.2. The zero-order valence-electron chi connectivity index (χ0n) is 14.2. The summed E-state index contributed by atoms with van der Waals surface area (Å²) in [7, 11) is 1.61. The number of ether oxygens (including phenoxy) is 2. The molecule has 132 valence electrons. The molecular weight excluding hydrogens is 308 g/mol. The number of carbonyl (C=O) groups is 2. The maximum atomic E-state index is 11.9. The van der Waals surface area contributed by atoms with E-state index in [9.17, 15) is 9.59 Å². The van der Waals surface area contributed by atoms with E-state index in [1.807, 2.05) is 24.3 Å². The highest BCUT2D eigenvalue weighted by Crippen LogP contribution is 2.23. The van der Waals surface area contributed by atoms with E-state index >= 15 is 0 Å². The Morgan fingerprint density at radius 3 is 2.38 bits per heavy atom. The van der Waals surface area contributed by atoms with E-state index in [0.717, 1.165) is 37.2 Å². The first-order valence-electron chi connectivity index (χ1n) is 8.50. The van der Waals surface area contributed by atoms with Gasteiger partial charge in [-0.3, -0.25) is 9.59 Å². The molecule has 0 radical (unpaired) electrons. The molecule has 2 N–H and O–H groups in total. The Labute approximate surface area is 142 Å². The third-order valence-electron chi connectivity index (χ3n) is 4.15. The lowest BCUT2D eigenvalue weighted by molar-refractivity contribution is -0.129. The minimum atomic E-state index is -0.197. The van der Waals surface area contributed by atoms with Crippen molar-refractivity contribution in [3.05, 3.63) is 24.3 Å². The molecule has 1 aromatic rings. The quantitative estimate of drug-likeness (QED) is 0.712. The number of benzene rings is 1. The molecule has 0 aliphatic heterocycles. The van der Waals surface area contributed by atoms with Gasteiger partial charge in [-0.2, -0.15) is 0 Å². The summed E-state index contributed by atoms with van der Waals surface area (Å²) in [6.07, 6.45) is 5.28. The maximum Gasteiger partial charge on any atom is 0.239 e. The molecule has 1 aromatic carbocycles. The van der Waals surface area contributed by atoms with Crippen LogP contribution in [0.25, 0.3) is 0 Å². The van der Waals surface area contributed by atoms with E-state index in [1.54, 1.807) is 7.11 Å². The van der Waals surface area contributed by atoms with Gasteiger partial charge in [-0.05, 0) is 37.1 Å². The summed E-state index contributed by atoms with van der Waals surface area (Å²) in [4.78, 5) is 23.7. The van der Waals surface area contributed by atoms with Crippen molar-refractivity contribution in [3.63, 3.8) is 0 Å². The Balaban J connectivity index is 1.56. The lowest BCUT2D eigenvalue weighted by Gasteiger charge is -2.20. The number of rotatable bonds is 8. The van der Waals surface area contributed by atoms with Gasteiger partial charge in [0.05, 0.1) is 20.2 Å². The topological polar surface area (TPSA) is 76.7 Å². The number of amides is 2. The Hall–Kier alpha value is -2.24. The second-order valence-corrected chi connectivity index (χ2v) is 5.93. The predicted molar refractivity (Wildman–Crippen MR) is 91.1 cm³/mol. The highest BCUT2D eigenvalue weighted by atomic mass is 16.5. The Kier molecular flexibility index (Phi) is 7.39. The second kappa shape index (κ2) is 9.80. The number of carbonyl (C=O) groups excluding carboxylic acids is 2. The summed E-state index contributed by atoms with van der Waals surface area (Å²) >= 11 is 0. The van der Waals surface area contributed by atoms with Crippen LogP contribution in [0.3, 0.4) is 0 Å². The third-order valence-corrected chi connectivity index (χ3v) is 4.15. The van der Waals surface area contributed by atoms with Gasteiger partial charge in [0.25, 0.3) is 0 Å². The monoisotopic (exact) mass is 334 g/mol. The Morgan fingerprint density at radius 1 is 1.04 bits per heavy atom. The Morgan fingerprint density at radius 2 is 1.71 bits per heavy atom. The van der Waals surface area contributed by atoms with Crippen LogP contribution in [0.2, 0.25) is 0 Å². The fourth-order valence-electron chi connectivity index (χ4n) is 2.77. The summed E-state index contributed by atoms with van der Waals surface area (Å²) in [6, 6.07) is 7.25. The van der Waals surface area contributed by atoms with E-state index in [1.165, 1.54) is 6.42 Å². The van der Waals surface area contributed by atoms with Crippen LogP contribution in [0.5, 0.6) is 11.5 Å². The molecule has 6 nitrogen and oxygen atoms in total. The van der Waals surface area contributed by atoms with Crippen LogP contribution in [0.4, 0.5) is 0 Å². The summed E-state index contributed by atoms with van der Waals surface area (Å²) < 4.78 is 10.6. The summed E-state index contributed by atoms with van der Waals surface area (Å²) in [5.41, 5.74) is 0. The fraction of sp³-hybridized carbons (Fsp3) is 0.556. The lowest BCUT2D eigenvalue weighted by Crippen LogP contribution is -2.41. The van der Waals surface area contributed by atoms with Gasteiger partial charge in [0.15, 0.2) is 0 Å². The second-order valence-electron chi connectivity index (χ2n) is 5.93. The van der Waals surface area contributed by atoms with Crippen molar-refractivity contribution in [3.8, 4) is 11.5 Å². The SMILES string of the molecule is COc1ccc(OCCNC(=O)CNC(=O)C2CCCCC2)cc1. The molecule has 0 heterocycles. The van der Waals surface area contributed by atoms with Crippen molar-refractivity contribution < 1.29 is 19.1 Å². The molecule has 0 unspecified atom stereocenters. The maximum absolute atomic E-state index is 11.9. The van der Waals surface area contributed by atoms with Crippen molar-refractivity contribution in [2.45, 2.75) is 32.1 Å². The molecule has 2 amide bonds. The molecule has 24 heavy (non-hydrogen) atoms. The van der Waals surface area contributed by atoms with Crippen LogP contribution in [0, 0.1) is 5.92 Å². The molecule has 1 aliphatic carbocycles. The van der Waals surface area contributed by atoms with Crippen molar-refractivity contribution in [1.82, 2.24) is 10.6 Å². The summed E-state index contributed by atoms with van der Waals surface area (Å²) in [6.45, 7) is 0.788. The molecule has 0 aromatic heterocycles. The fourth-order valence-corrected chi connectivity index (χ4v) is 2.77. The van der Waals surface area contributed by atoms with E-state index in [4.69, 9.17) is 9.47 Å². The smallest absolute Gasteiger partial charge is 0.239 e. The van der Waals surface area contributed by atoms with Gasteiger partial charge in [-0.25, -0.2) is 0 Å². The van der Waals surface area contributed by atoms with Crippen molar-refractivity contribution in [1.29, 1.82) is 0 Å². The molecule has 0 bridgehead atoms. The van der Waals surface area contributed by atoms with Gasteiger partial charge in [0, 0.05) is 5.92 Å². The summed E-state index contributed by atoms with van der Waals surface area (Å²) in [5, 5.41) is 5.45. The van der Waals surface area contributed by atoms with E-state index in [2.05, 4.69) is 10.6 Å². The molecule has 6 heteroatoms. The number of hydrogen-bond acceptors (Lipinski definition) is 4. The van der Waals surface area contributed by atoms with Crippen molar-refractivity contribution >= 4 is 11.8 Å². The molecule has 2 rings (SSSR count). The lowest BCUT2D eigenvalue weighted by atomic mass is 9.89. The van der Waals surface area contributed by atoms with Crippen LogP contribution >= 0.6 is 0 Å². The zero-order valence-corrected chi connectivity index (χ0v) is 14.2. The van der Waals surface area contributed by atoms with E-state index in [-0.39, 0.29) is 24.3 Å². The number of nitrogens with one attached hydrogen (secondary N) is 2. The summed E-state index contributed by atoms with van der Waals surface area (Å²) in [5.74, 6) is 1.36. The van der Waals surface area contributed by atoms with Crippen LogP contribution in [-0.4, -0.2) is 38.6 Å². The molecule has 1 fully saturated rings. The van der Waals surface area contributed by atoms with E-state index in [0.29, 0.717) is 13.2 Å². The largest absolute Gasteiger partial charge is 0.497 e. The normalized spacial score (nSPS) is 14.7. The van der Waals surface area contributed by atoms with Crippen LogP contribution in [0.1, 0.15) is 32.1 Å². The highest BCUT2D eigenvalue weighted by Gasteiger charge is 2.21. The first kappa shape index (κ1) is 18.1. The minimum absolute atomic E-state index is 0.000618.